The molecule has 1 aliphatic heterocycles. The predicted molar refractivity (Wildman–Crippen MR) is 89.3 cm³/mol. The molecule has 0 bridgehead atoms. The van der Waals surface area contributed by atoms with E-state index in [-0.39, 0.29) is 12.8 Å². The van der Waals surface area contributed by atoms with Gasteiger partial charge in [-0.15, -0.1) is 0 Å². The number of hydrogen-bond acceptors (Lipinski definition) is 2. The number of nitrogens with zero attached hydrogens (tertiary/aromatic N) is 1. The van der Waals surface area contributed by atoms with E-state index >= 15 is 0 Å². The lowest BCUT2D eigenvalue weighted by molar-refractivity contribution is 0.140. The monoisotopic (exact) mass is 304 g/mol. The number of piperidine rings is 1. The third-order valence-corrected chi connectivity index (χ3v) is 4.67. The molecule has 1 aromatic carbocycles. The molecule has 2 amide bonds. The van der Waals surface area contributed by atoms with E-state index in [1.54, 1.807) is 0 Å². The number of likely N-dealkylation sites (tertiary alicyclic amines) is 1. The average Bonchev–Trinajstić information content (AvgIpc) is 2.54. The molecule has 0 aromatic heterocycles. The van der Waals surface area contributed by atoms with E-state index in [0.717, 1.165) is 42.7 Å². The van der Waals surface area contributed by atoms with Crippen molar-refractivity contribution < 1.29 is 9.53 Å². The molecule has 1 saturated heterocycles. The lowest BCUT2D eigenvalue weighted by atomic mass is 10.0. The van der Waals surface area contributed by atoms with Crippen LogP contribution in [0.2, 0.25) is 0 Å². The molecule has 2 rings (SSSR count). The summed E-state index contributed by atoms with van der Waals surface area (Å²) in [6.45, 7) is 9.37. The van der Waals surface area contributed by atoms with Crippen molar-refractivity contribution in [1.82, 2.24) is 10.2 Å². The fraction of sp³-hybridized carbons (Fsp3) is 0.611. The standard InChI is InChI=1S/C18H28N2O2/c1-5-16-8-6-7-11-20(16)18(21)19-12-22-17-14(3)10-9-13(2)15(17)4/h9-10,16H,5-8,11-12H2,1-4H3,(H,19,21). The Morgan fingerprint density at radius 3 is 2.73 bits per heavy atom. The van der Waals surface area contributed by atoms with E-state index in [9.17, 15) is 4.79 Å². The Morgan fingerprint density at radius 1 is 1.27 bits per heavy atom. The largest absolute Gasteiger partial charge is 0.473 e. The molecule has 0 radical (unpaired) electrons. The minimum atomic E-state index is -0.00508. The molecular weight excluding hydrogens is 276 g/mol. The predicted octanol–water partition coefficient (Wildman–Crippen LogP) is 3.92. The summed E-state index contributed by atoms with van der Waals surface area (Å²) >= 11 is 0. The van der Waals surface area contributed by atoms with Crippen LogP contribution in [-0.2, 0) is 0 Å². The van der Waals surface area contributed by atoms with Crippen molar-refractivity contribution in [3.05, 3.63) is 28.8 Å². The Balaban J connectivity index is 1.91. The highest BCUT2D eigenvalue weighted by molar-refractivity contribution is 5.74. The van der Waals surface area contributed by atoms with Crippen LogP contribution in [0.3, 0.4) is 0 Å². The normalized spacial score (nSPS) is 18.2. The Hall–Kier alpha value is -1.71. The van der Waals surface area contributed by atoms with E-state index in [1.807, 2.05) is 11.8 Å². The molecule has 4 nitrogen and oxygen atoms in total. The van der Waals surface area contributed by atoms with Crippen molar-refractivity contribution in [2.45, 2.75) is 59.4 Å². The zero-order valence-electron chi connectivity index (χ0n) is 14.2. The van der Waals surface area contributed by atoms with E-state index in [1.165, 1.54) is 12.0 Å². The number of benzene rings is 1. The number of hydrogen-bond donors (Lipinski definition) is 1. The summed E-state index contributed by atoms with van der Waals surface area (Å²) in [4.78, 5) is 14.3. The van der Waals surface area contributed by atoms with Gasteiger partial charge in [-0.25, -0.2) is 4.79 Å². The lowest BCUT2D eigenvalue weighted by Crippen LogP contribution is -2.49. The summed E-state index contributed by atoms with van der Waals surface area (Å²) in [5, 5.41) is 2.90. The third kappa shape index (κ3) is 3.73. The van der Waals surface area contributed by atoms with Crippen molar-refractivity contribution >= 4 is 6.03 Å². The first-order chi connectivity index (χ1) is 10.5. The zero-order chi connectivity index (χ0) is 16.1. The maximum absolute atomic E-state index is 12.3. The Bertz CT molecular complexity index is 528. The van der Waals surface area contributed by atoms with Crippen LogP contribution >= 0.6 is 0 Å². The van der Waals surface area contributed by atoms with Gasteiger partial charge in [0.25, 0.3) is 0 Å². The minimum Gasteiger partial charge on any atom is -0.473 e. The number of carbonyl (C=O) groups is 1. The average molecular weight is 304 g/mol. The molecule has 1 fully saturated rings. The van der Waals surface area contributed by atoms with Crippen LogP contribution in [0.1, 0.15) is 49.3 Å². The molecule has 1 unspecified atom stereocenters. The van der Waals surface area contributed by atoms with Gasteiger partial charge in [-0.2, -0.15) is 0 Å². The molecule has 22 heavy (non-hydrogen) atoms. The number of ether oxygens (including phenoxy) is 1. The van der Waals surface area contributed by atoms with Gasteiger partial charge < -0.3 is 15.0 Å². The highest BCUT2D eigenvalue weighted by Crippen LogP contribution is 2.25. The number of amides is 2. The molecular formula is C18H28N2O2. The number of carbonyl (C=O) groups excluding carboxylic acids is 1. The maximum Gasteiger partial charge on any atom is 0.320 e. The molecule has 0 saturated carbocycles. The smallest absolute Gasteiger partial charge is 0.320 e. The first kappa shape index (κ1) is 16.7. The van der Waals surface area contributed by atoms with Crippen LogP contribution in [0.5, 0.6) is 5.75 Å². The van der Waals surface area contributed by atoms with Gasteiger partial charge in [-0.05, 0) is 63.1 Å². The first-order valence-corrected chi connectivity index (χ1v) is 8.28. The van der Waals surface area contributed by atoms with Crippen LogP contribution < -0.4 is 10.1 Å². The number of aryl methyl sites for hydroxylation is 2. The van der Waals surface area contributed by atoms with Gasteiger partial charge in [-0.3, -0.25) is 0 Å². The second-order valence-electron chi connectivity index (χ2n) is 6.18. The second kappa shape index (κ2) is 7.52. The van der Waals surface area contributed by atoms with E-state index < -0.39 is 0 Å². The molecule has 4 heteroatoms. The summed E-state index contributed by atoms with van der Waals surface area (Å²) in [5.74, 6) is 0.881. The van der Waals surface area contributed by atoms with Crippen molar-refractivity contribution in [3.63, 3.8) is 0 Å². The minimum absolute atomic E-state index is 0.00508. The highest BCUT2D eigenvalue weighted by Gasteiger charge is 2.25. The molecule has 122 valence electrons. The van der Waals surface area contributed by atoms with E-state index in [4.69, 9.17) is 4.74 Å². The van der Waals surface area contributed by atoms with Gasteiger partial charge in [-0.1, -0.05) is 19.1 Å². The Kier molecular flexibility index (Phi) is 5.69. The molecule has 1 atom stereocenters. The fourth-order valence-electron chi connectivity index (χ4n) is 3.11. The summed E-state index contributed by atoms with van der Waals surface area (Å²) < 4.78 is 5.82. The number of rotatable bonds is 4. The molecule has 1 aromatic rings. The molecule has 1 aliphatic rings. The van der Waals surface area contributed by atoms with Crippen molar-refractivity contribution in [3.8, 4) is 5.75 Å². The van der Waals surface area contributed by atoms with Crippen molar-refractivity contribution in [1.29, 1.82) is 0 Å². The van der Waals surface area contributed by atoms with Gasteiger partial charge >= 0.3 is 6.03 Å². The van der Waals surface area contributed by atoms with Gasteiger partial charge in [0, 0.05) is 12.6 Å². The number of nitrogens with one attached hydrogen (secondary N) is 1. The zero-order valence-corrected chi connectivity index (χ0v) is 14.2. The van der Waals surface area contributed by atoms with Crippen LogP contribution in [0, 0.1) is 20.8 Å². The quantitative estimate of drug-likeness (QED) is 0.857. The van der Waals surface area contributed by atoms with E-state index in [2.05, 4.69) is 38.2 Å². The number of urea groups is 1. The summed E-state index contributed by atoms with van der Waals surface area (Å²) in [5.41, 5.74) is 3.44. The van der Waals surface area contributed by atoms with Crippen LogP contribution in [0.25, 0.3) is 0 Å². The summed E-state index contributed by atoms with van der Waals surface area (Å²) in [6.07, 6.45) is 4.45. The maximum atomic E-state index is 12.3. The fourth-order valence-corrected chi connectivity index (χ4v) is 3.11. The van der Waals surface area contributed by atoms with Gasteiger partial charge in [0.1, 0.15) is 5.75 Å². The molecule has 0 spiro atoms. The summed E-state index contributed by atoms with van der Waals surface area (Å²) in [6, 6.07) is 4.51. The van der Waals surface area contributed by atoms with Crippen molar-refractivity contribution in [2.24, 2.45) is 0 Å². The third-order valence-electron chi connectivity index (χ3n) is 4.67. The van der Waals surface area contributed by atoms with Gasteiger partial charge in [0.15, 0.2) is 6.73 Å². The lowest BCUT2D eigenvalue weighted by Gasteiger charge is -2.35. The molecule has 0 aliphatic carbocycles. The second-order valence-corrected chi connectivity index (χ2v) is 6.18. The van der Waals surface area contributed by atoms with E-state index in [0.29, 0.717) is 6.04 Å². The molecule has 1 N–H and O–H groups in total. The van der Waals surface area contributed by atoms with Crippen molar-refractivity contribution in [2.75, 3.05) is 13.3 Å². The SMILES string of the molecule is CCC1CCCCN1C(=O)NCOc1c(C)ccc(C)c1C. The molecule has 1 heterocycles. The Labute approximate surface area is 133 Å². The summed E-state index contributed by atoms with van der Waals surface area (Å²) in [7, 11) is 0. The van der Waals surface area contributed by atoms with Crippen LogP contribution in [-0.4, -0.2) is 30.2 Å². The van der Waals surface area contributed by atoms with Crippen LogP contribution in [0.15, 0.2) is 12.1 Å². The van der Waals surface area contributed by atoms with Gasteiger partial charge in [0.05, 0.1) is 0 Å². The van der Waals surface area contributed by atoms with Gasteiger partial charge in [0.2, 0.25) is 0 Å². The highest BCUT2D eigenvalue weighted by atomic mass is 16.5. The first-order valence-electron chi connectivity index (χ1n) is 8.28. The van der Waals surface area contributed by atoms with Crippen LogP contribution in [0.4, 0.5) is 4.79 Å². The Morgan fingerprint density at radius 2 is 2.00 bits per heavy atom. The topological polar surface area (TPSA) is 41.6 Å².